The largest absolute Gasteiger partial charge is 0.351 e. The zero-order valence-corrected chi connectivity index (χ0v) is 10.7. The van der Waals surface area contributed by atoms with Gasteiger partial charge < -0.3 is 9.84 Å². The summed E-state index contributed by atoms with van der Waals surface area (Å²) in [6, 6.07) is 1.81. The molecule has 4 nitrogen and oxygen atoms in total. The van der Waals surface area contributed by atoms with Crippen molar-refractivity contribution >= 4 is 27.5 Å². The van der Waals surface area contributed by atoms with Crippen LogP contribution in [0.5, 0.6) is 0 Å². The Kier molecular flexibility index (Phi) is 3.42. The zero-order chi connectivity index (χ0) is 13.3. The van der Waals surface area contributed by atoms with E-state index in [1.807, 2.05) is 0 Å². The minimum Gasteiger partial charge on any atom is -0.351 e. The van der Waals surface area contributed by atoms with E-state index in [0.29, 0.717) is 5.56 Å². The first-order valence-corrected chi connectivity index (χ1v) is 5.65. The molecule has 0 saturated carbocycles. The average molecular weight is 317 g/mol. The van der Waals surface area contributed by atoms with Gasteiger partial charge in [0.15, 0.2) is 0 Å². The van der Waals surface area contributed by atoms with Crippen LogP contribution in [-0.4, -0.2) is 11.1 Å². The van der Waals surface area contributed by atoms with Gasteiger partial charge in [-0.1, -0.05) is 5.16 Å². The standard InChI is InChI=1S/C11H7BrF2N2O2/c1-5-4-15-18-10(5)11(17)16-9-3-7(13)6(12)2-8(9)14/h2-4H,1H3,(H,16,17). The van der Waals surface area contributed by atoms with Gasteiger partial charge in [-0.15, -0.1) is 0 Å². The van der Waals surface area contributed by atoms with Gasteiger partial charge in [0.25, 0.3) is 5.91 Å². The maximum Gasteiger partial charge on any atom is 0.294 e. The Morgan fingerprint density at radius 1 is 1.39 bits per heavy atom. The summed E-state index contributed by atoms with van der Waals surface area (Å²) in [5, 5.41) is 5.64. The third-order valence-electron chi connectivity index (χ3n) is 2.21. The molecule has 7 heteroatoms. The highest BCUT2D eigenvalue weighted by atomic mass is 79.9. The Hall–Kier alpha value is -1.76. The molecule has 2 aromatic rings. The number of amides is 1. The molecule has 0 aliphatic heterocycles. The highest BCUT2D eigenvalue weighted by Gasteiger charge is 2.17. The van der Waals surface area contributed by atoms with Crippen LogP contribution in [-0.2, 0) is 0 Å². The molecule has 0 spiro atoms. The number of aromatic nitrogens is 1. The second-order valence-electron chi connectivity index (χ2n) is 3.54. The minimum absolute atomic E-state index is 0.0196. The number of carbonyl (C=O) groups is 1. The van der Waals surface area contributed by atoms with Gasteiger partial charge in [0.2, 0.25) is 5.76 Å². The molecule has 18 heavy (non-hydrogen) atoms. The van der Waals surface area contributed by atoms with Crippen LogP contribution in [0.2, 0.25) is 0 Å². The summed E-state index contributed by atoms with van der Waals surface area (Å²) in [5.41, 5.74) is 0.238. The lowest BCUT2D eigenvalue weighted by atomic mass is 10.2. The van der Waals surface area contributed by atoms with Gasteiger partial charge in [0, 0.05) is 11.6 Å². The number of rotatable bonds is 2. The maximum atomic E-state index is 13.5. The molecule has 2 rings (SSSR count). The Morgan fingerprint density at radius 2 is 2.11 bits per heavy atom. The molecule has 94 valence electrons. The number of carbonyl (C=O) groups excluding carboxylic acids is 1. The van der Waals surface area contributed by atoms with Crippen molar-refractivity contribution in [3.63, 3.8) is 0 Å². The Balaban J connectivity index is 2.28. The number of aryl methyl sites for hydroxylation is 1. The van der Waals surface area contributed by atoms with E-state index in [-0.39, 0.29) is 15.9 Å². The van der Waals surface area contributed by atoms with Gasteiger partial charge >= 0.3 is 0 Å². The number of nitrogens with zero attached hydrogens (tertiary/aromatic N) is 1. The fourth-order valence-electron chi connectivity index (χ4n) is 1.31. The van der Waals surface area contributed by atoms with E-state index in [2.05, 4.69) is 26.4 Å². The summed E-state index contributed by atoms with van der Waals surface area (Å²) in [6.07, 6.45) is 1.35. The Bertz CT molecular complexity index is 613. The van der Waals surface area contributed by atoms with Crippen LogP contribution >= 0.6 is 15.9 Å². The summed E-state index contributed by atoms with van der Waals surface area (Å²) in [6.45, 7) is 1.62. The molecule has 0 aliphatic rings. The molecule has 0 saturated heterocycles. The highest BCUT2D eigenvalue weighted by Crippen LogP contribution is 2.24. The lowest BCUT2D eigenvalue weighted by Crippen LogP contribution is -2.13. The van der Waals surface area contributed by atoms with E-state index in [1.165, 1.54) is 6.20 Å². The molecule has 0 unspecified atom stereocenters. The first-order chi connectivity index (χ1) is 8.49. The zero-order valence-electron chi connectivity index (χ0n) is 9.13. The fourth-order valence-corrected chi connectivity index (χ4v) is 1.62. The molecule has 0 bridgehead atoms. The number of benzene rings is 1. The first kappa shape index (κ1) is 12.7. The van der Waals surface area contributed by atoms with Crippen molar-refractivity contribution in [2.45, 2.75) is 6.92 Å². The third kappa shape index (κ3) is 2.40. The first-order valence-electron chi connectivity index (χ1n) is 4.86. The Morgan fingerprint density at radius 3 is 2.72 bits per heavy atom. The third-order valence-corrected chi connectivity index (χ3v) is 2.82. The molecule has 0 atom stereocenters. The molecule has 1 N–H and O–H groups in total. The second kappa shape index (κ2) is 4.85. The van der Waals surface area contributed by atoms with Gasteiger partial charge in [-0.05, 0) is 28.9 Å². The summed E-state index contributed by atoms with van der Waals surface area (Å²) < 4.78 is 31.4. The van der Waals surface area contributed by atoms with Crippen LogP contribution in [0.3, 0.4) is 0 Å². The predicted octanol–water partition coefficient (Wildman–Crippen LogP) is 3.28. The van der Waals surface area contributed by atoms with Crippen LogP contribution < -0.4 is 5.32 Å². The van der Waals surface area contributed by atoms with Crippen molar-refractivity contribution in [2.24, 2.45) is 0 Å². The molecule has 0 radical (unpaired) electrons. The normalized spacial score (nSPS) is 10.4. The topological polar surface area (TPSA) is 55.1 Å². The van der Waals surface area contributed by atoms with Gasteiger partial charge in [-0.3, -0.25) is 4.79 Å². The van der Waals surface area contributed by atoms with Crippen LogP contribution in [0.4, 0.5) is 14.5 Å². The predicted molar refractivity (Wildman–Crippen MR) is 63.3 cm³/mol. The lowest BCUT2D eigenvalue weighted by molar-refractivity contribution is 0.0986. The van der Waals surface area contributed by atoms with Crippen molar-refractivity contribution in [2.75, 3.05) is 5.32 Å². The molecule has 1 aromatic carbocycles. The number of nitrogens with one attached hydrogen (secondary N) is 1. The minimum atomic E-state index is -0.756. The smallest absolute Gasteiger partial charge is 0.294 e. The second-order valence-corrected chi connectivity index (χ2v) is 4.39. The van der Waals surface area contributed by atoms with Crippen LogP contribution in [0, 0.1) is 18.6 Å². The highest BCUT2D eigenvalue weighted by molar-refractivity contribution is 9.10. The van der Waals surface area contributed by atoms with Crippen LogP contribution in [0.25, 0.3) is 0 Å². The van der Waals surface area contributed by atoms with Gasteiger partial charge in [-0.25, -0.2) is 8.78 Å². The van der Waals surface area contributed by atoms with Crippen molar-refractivity contribution in [1.82, 2.24) is 5.16 Å². The molecule has 1 heterocycles. The van der Waals surface area contributed by atoms with Crippen molar-refractivity contribution in [3.8, 4) is 0 Å². The molecule has 1 aromatic heterocycles. The monoisotopic (exact) mass is 316 g/mol. The molecular formula is C11H7BrF2N2O2. The summed E-state index contributed by atoms with van der Waals surface area (Å²) in [5.74, 6) is -2.17. The molecular weight excluding hydrogens is 310 g/mol. The quantitative estimate of drug-likeness (QED) is 0.865. The van der Waals surface area contributed by atoms with Crippen molar-refractivity contribution < 1.29 is 18.1 Å². The SMILES string of the molecule is Cc1cnoc1C(=O)Nc1cc(F)c(Br)cc1F. The number of hydrogen-bond donors (Lipinski definition) is 1. The van der Waals surface area contributed by atoms with E-state index >= 15 is 0 Å². The van der Waals surface area contributed by atoms with Crippen molar-refractivity contribution in [3.05, 3.63) is 45.8 Å². The van der Waals surface area contributed by atoms with E-state index in [1.54, 1.807) is 6.92 Å². The van der Waals surface area contributed by atoms with E-state index in [0.717, 1.165) is 12.1 Å². The molecule has 0 fully saturated rings. The van der Waals surface area contributed by atoms with Crippen molar-refractivity contribution in [1.29, 1.82) is 0 Å². The van der Waals surface area contributed by atoms with Gasteiger partial charge in [0.05, 0.1) is 16.4 Å². The van der Waals surface area contributed by atoms with E-state index in [4.69, 9.17) is 4.52 Å². The molecule has 1 amide bonds. The summed E-state index contributed by atoms with van der Waals surface area (Å²) >= 11 is 2.84. The number of hydrogen-bond acceptors (Lipinski definition) is 3. The number of anilines is 1. The van der Waals surface area contributed by atoms with Crippen LogP contribution in [0.15, 0.2) is 27.3 Å². The van der Waals surface area contributed by atoms with E-state index < -0.39 is 17.5 Å². The summed E-state index contributed by atoms with van der Waals surface area (Å²) in [7, 11) is 0. The average Bonchev–Trinajstić information content (AvgIpc) is 2.72. The lowest BCUT2D eigenvalue weighted by Gasteiger charge is -2.06. The maximum absolute atomic E-state index is 13.5. The van der Waals surface area contributed by atoms with Gasteiger partial charge in [0.1, 0.15) is 11.6 Å². The fraction of sp³-hybridized carbons (Fsp3) is 0.0909. The number of halogens is 3. The van der Waals surface area contributed by atoms with E-state index in [9.17, 15) is 13.6 Å². The molecule has 0 aliphatic carbocycles. The Labute approximate surface area is 109 Å². The van der Waals surface area contributed by atoms with Crippen LogP contribution in [0.1, 0.15) is 16.1 Å². The summed E-state index contributed by atoms with van der Waals surface area (Å²) in [4.78, 5) is 11.7. The van der Waals surface area contributed by atoms with Gasteiger partial charge in [-0.2, -0.15) is 0 Å².